The minimum atomic E-state index is -1.83. The maximum atomic E-state index is 5.52. The van der Waals surface area contributed by atoms with Gasteiger partial charge in [-0.15, -0.1) is 6.42 Å². The van der Waals surface area contributed by atoms with E-state index in [2.05, 4.69) is 24.6 Å². The van der Waals surface area contributed by atoms with Gasteiger partial charge < -0.3 is 8.85 Å². The van der Waals surface area contributed by atoms with Crippen LogP contribution in [0, 0.1) is 12.3 Å². The molecule has 0 N–H and O–H groups in total. The maximum Gasteiger partial charge on any atom is 0.334 e. The summed E-state index contributed by atoms with van der Waals surface area (Å²) in [5.74, 6) is 2.66. The topological polar surface area (TPSA) is 18.5 Å². The fourth-order valence-corrected chi connectivity index (χ4v) is 4.36. The van der Waals surface area contributed by atoms with Gasteiger partial charge in [0, 0.05) is 19.8 Å². The Morgan fingerprint density at radius 3 is 1.83 bits per heavy atom. The van der Waals surface area contributed by atoms with Gasteiger partial charge >= 0.3 is 8.56 Å². The van der Waals surface area contributed by atoms with Gasteiger partial charge in [0.25, 0.3) is 0 Å². The Balaban J connectivity index is 1.94. The molecule has 0 aliphatic heterocycles. The van der Waals surface area contributed by atoms with Crippen molar-refractivity contribution in [3.05, 3.63) is 35.4 Å². The molecule has 24 heavy (non-hydrogen) atoms. The number of benzene rings is 1. The van der Waals surface area contributed by atoms with E-state index >= 15 is 0 Å². The molecule has 0 fully saturated rings. The summed E-state index contributed by atoms with van der Waals surface area (Å²) in [5, 5.41) is 0. The van der Waals surface area contributed by atoms with Crippen molar-refractivity contribution in [1.29, 1.82) is 0 Å². The molecule has 1 aromatic carbocycles. The van der Waals surface area contributed by atoms with Crippen LogP contribution < -0.4 is 0 Å². The molecular formula is C21H34O2Si. The van der Waals surface area contributed by atoms with Gasteiger partial charge in [-0.2, -0.15) is 0 Å². The molecule has 3 heteroatoms. The van der Waals surface area contributed by atoms with Crippen molar-refractivity contribution in [1.82, 2.24) is 0 Å². The van der Waals surface area contributed by atoms with Crippen molar-refractivity contribution < 1.29 is 8.85 Å². The van der Waals surface area contributed by atoms with Crippen molar-refractivity contribution in [3.8, 4) is 12.3 Å². The number of hydrogen-bond donors (Lipinski definition) is 0. The lowest BCUT2D eigenvalue weighted by molar-refractivity contribution is 0.248. The molecular weight excluding hydrogens is 312 g/mol. The van der Waals surface area contributed by atoms with E-state index in [1.54, 1.807) is 14.2 Å². The molecule has 0 radical (unpaired) electrons. The van der Waals surface area contributed by atoms with E-state index in [1.165, 1.54) is 63.4 Å². The minimum Gasteiger partial charge on any atom is -0.398 e. The van der Waals surface area contributed by atoms with Gasteiger partial charge in [-0.1, -0.05) is 63.0 Å². The Kier molecular flexibility index (Phi) is 10.7. The molecule has 0 saturated heterocycles. The van der Waals surface area contributed by atoms with Crippen LogP contribution in [0.4, 0.5) is 0 Å². The van der Waals surface area contributed by atoms with Crippen molar-refractivity contribution in [2.45, 2.75) is 70.4 Å². The van der Waals surface area contributed by atoms with E-state index in [1.807, 2.05) is 12.1 Å². The highest BCUT2D eigenvalue weighted by atomic mass is 28.4. The first-order valence-electron chi connectivity index (χ1n) is 9.29. The van der Waals surface area contributed by atoms with Crippen LogP contribution in [0.2, 0.25) is 12.6 Å². The molecule has 0 amide bonds. The SMILES string of the molecule is C#Cc1ccc(CCCCCCCCCC[Si](C)(OC)OC)cc1. The molecule has 0 aliphatic carbocycles. The second kappa shape index (κ2) is 12.3. The summed E-state index contributed by atoms with van der Waals surface area (Å²) in [6, 6.07) is 9.50. The Morgan fingerprint density at radius 1 is 0.833 bits per heavy atom. The van der Waals surface area contributed by atoms with Gasteiger partial charge in [0.2, 0.25) is 0 Å². The maximum absolute atomic E-state index is 5.52. The van der Waals surface area contributed by atoms with Crippen LogP contribution >= 0.6 is 0 Å². The Bertz CT molecular complexity index is 472. The van der Waals surface area contributed by atoms with Crippen LogP contribution in [0.3, 0.4) is 0 Å². The molecule has 2 nitrogen and oxygen atoms in total. The second-order valence-corrected chi connectivity index (χ2v) is 10.3. The van der Waals surface area contributed by atoms with Crippen LogP contribution in [-0.2, 0) is 15.3 Å². The van der Waals surface area contributed by atoms with Crippen LogP contribution in [0.15, 0.2) is 24.3 Å². The zero-order valence-electron chi connectivity index (χ0n) is 15.8. The van der Waals surface area contributed by atoms with Gasteiger partial charge in [0.05, 0.1) is 0 Å². The number of unbranched alkanes of at least 4 members (excludes halogenated alkanes) is 7. The lowest BCUT2D eigenvalue weighted by atomic mass is 10.0. The van der Waals surface area contributed by atoms with Crippen molar-refractivity contribution in [3.63, 3.8) is 0 Å². The molecule has 134 valence electrons. The van der Waals surface area contributed by atoms with E-state index in [0.29, 0.717) is 0 Å². The summed E-state index contributed by atoms with van der Waals surface area (Å²) in [5.41, 5.74) is 2.37. The summed E-state index contributed by atoms with van der Waals surface area (Å²) < 4.78 is 11.0. The Hall–Kier alpha value is -1.08. The Morgan fingerprint density at radius 2 is 1.33 bits per heavy atom. The highest BCUT2D eigenvalue weighted by molar-refractivity contribution is 6.65. The molecule has 0 bridgehead atoms. The number of rotatable bonds is 13. The predicted octanol–water partition coefficient (Wildman–Crippen LogP) is 5.70. The van der Waals surface area contributed by atoms with Crippen molar-refractivity contribution >= 4 is 8.56 Å². The summed E-state index contributed by atoms with van der Waals surface area (Å²) >= 11 is 0. The summed E-state index contributed by atoms with van der Waals surface area (Å²) in [7, 11) is 1.72. The molecule has 1 aromatic rings. The van der Waals surface area contributed by atoms with Gasteiger partial charge in [0.1, 0.15) is 0 Å². The standard InChI is InChI=1S/C21H34O2Si/c1-5-20-15-17-21(18-16-20)14-12-10-8-6-7-9-11-13-19-24(4,22-2)23-3/h1,15-18H,6-14,19H2,2-4H3. The molecule has 0 unspecified atom stereocenters. The fourth-order valence-electron chi connectivity index (χ4n) is 2.89. The van der Waals surface area contributed by atoms with Crippen molar-refractivity contribution in [2.75, 3.05) is 14.2 Å². The molecule has 0 atom stereocenters. The smallest absolute Gasteiger partial charge is 0.334 e. The molecule has 0 saturated carbocycles. The zero-order chi connectivity index (χ0) is 17.7. The lowest BCUT2D eigenvalue weighted by Crippen LogP contribution is -2.35. The third-order valence-corrected chi connectivity index (χ3v) is 7.82. The average Bonchev–Trinajstić information content (AvgIpc) is 2.63. The highest BCUT2D eigenvalue weighted by Crippen LogP contribution is 2.18. The van der Waals surface area contributed by atoms with E-state index in [4.69, 9.17) is 15.3 Å². The number of terminal acetylenes is 1. The fraction of sp³-hybridized carbons (Fsp3) is 0.619. The lowest BCUT2D eigenvalue weighted by Gasteiger charge is -2.22. The third-order valence-electron chi connectivity index (χ3n) is 4.83. The zero-order valence-corrected chi connectivity index (χ0v) is 16.8. The molecule has 0 spiro atoms. The van der Waals surface area contributed by atoms with Crippen LogP contribution in [0.1, 0.15) is 62.5 Å². The van der Waals surface area contributed by atoms with Crippen LogP contribution in [-0.4, -0.2) is 22.8 Å². The monoisotopic (exact) mass is 346 g/mol. The first-order valence-corrected chi connectivity index (χ1v) is 11.8. The molecule has 0 aromatic heterocycles. The van der Waals surface area contributed by atoms with Crippen LogP contribution in [0.5, 0.6) is 0 Å². The largest absolute Gasteiger partial charge is 0.398 e. The normalized spacial score (nSPS) is 11.4. The summed E-state index contributed by atoms with van der Waals surface area (Å²) in [6.07, 6.45) is 17.1. The van der Waals surface area contributed by atoms with Gasteiger partial charge in [-0.25, -0.2) is 0 Å². The van der Waals surface area contributed by atoms with Gasteiger partial charge in [-0.3, -0.25) is 0 Å². The van der Waals surface area contributed by atoms with Gasteiger partial charge in [0.15, 0.2) is 0 Å². The molecule has 0 heterocycles. The van der Waals surface area contributed by atoms with E-state index in [0.717, 1.165) is 11.6 Å². The average molecular weight is 347 g/mol. The first-order chi connectivity index (χ1) is 11.6. The summed E-state index contributed by atoms with van der Waals surface area (Å²) in [4.78, 5) is 0. The summed E-state index contributed by atoms with van der Waals surface area (Å²) in [6.45, 7) is 2.15. The van der Waals surface area contributed by atoms with E-state index in [-0.39, 0.29) is 0 Å². The predicted molar refractivity (Wildman–Crippen MR) is 105 cm³/mol. The second-order valence-electron chi connectivity index (χ2n) is 6.71. The Labute approximate surface area is 150 Å². The van der Waals surface area contributed by atoms with Crippen LogP contribution in [0.25, 0.3) is 0 Å². The minimum absolute atomic E-state index is 0.970. The van der Waals surface area contributed by atoms with E-state index < -0.39 is 8.56 Å². The first kappa shape index (κ1) is 21.0. The molecule has 0 aliphatic rings. The van der Waals surface area contributed by atoms with Crippen molar-refractivity contribution in [2.24, 2.45) is 0 Å². The van der Waals surface area contributed by atoms with E-state index in [9.17, 15) is 0 Å². The number of hydrogen-bond acceptors (Lipinski definition) is 2. The van der Waals surface area contributed by atoms with Gasteiger partial charge in [-0.05, 0) is 43.1 Å². The third kappa shape index (κ3) is 8.68. The molecule has 1 rings (SSSR count). The quantitative estimate of drug-likeness (QED) is 0.259. The number of aryl methyl sites for hydroxylation is 1. The highest BCUT2D eigenvalue weighted by Gasteiger charge is 2.27.